The molecule has 1 heterocycles. The molecular weight excluding hydrogens is 412 g/mol. The monoisotopic (exact) mass is 434 g/mol. The Balaban J connectivity index is 1.61. The number of ether oxygens (including phenoxy) is 1. The van der Waals surface area contributed by atoms with Crippen molar-refractivity contribution in [1.82, 2.24) is 9.88 Å². The van der Waals surface area contributed by atoms with Crippen LogP contribution in [0.15, 0.2) is 94.9 Å². The van der Waals surface area contributed by atoms with Gasteiger partial charge in [0, 0.05) is 29.2 Å². The standard InChI is InChI=1S/C24H22N2O4S/c1-30-22-14-8-5-9-18(22)15-25-24(27)17-26-16-23(20-12-6-7-13-21(20)26)31(28,29)19-10-3-2-4-11-19/h2-14,16H,15,17H2,1H3,(H,25,27). The zero-order chi connectivity index (χ0) is 21.8. The molecule has 7 heteroatoms. The van der Waals surface area contributed by atoms with Gasteiger partial charge in [0.15, 0.2) is 0 Å². The number of hydrogen-bond acceptors (Lipinski definition) is 4. The first-order valence-electron chi connectivity index (χ1n) is 9.77. The Morgan fingerprint density at radius 1 is 0.935 bits per heavy atom. The van der Waals surface area contributed by atoms with E-state index in [9.17, 15) is 13.2 Å². The summed E-state index contributed by atoms with van der Waals surface area (Å²) in [5, 5.41) is 3.46. The number of rotatable bonds is 7. The molecular formula is C24H22N2O4S. The quantitative estimate of drug-likeness (QED) is 0.480. The van der Waals surface area contributed by atoms with Crippen molar-refractivity contribution in [3.05, 3.63) is 90.6 Å². The summed E-state index contributed by atoms with van der Waals surface area (Å²) in [7, 11) is -2.13. The Hall–Kier alpha value is -3.58. The zero-order valence-electron chi connectivity index (χ0n) is 17.0. The molecule has 0 radical (unpaired) electrons. The van der Waals surface area contributed by atoms with Crippen LogP contribution in [0.1, 0.15) is 5.56 Å². The summed E-state index contributed by atoms with van der Waals surface area (Å²) in [5.41, 5.74) is 1.55. The SMILES string of the molecule is COc1ccccc1CNC(=O)Cn1cc(S(=O)(=O)c2ccccc2)c2ccccc21. The summed E-state index contributed by atoms with van der Waals surface area (Å²) >= 11 is 0. The lowest BCUT2D eigenvalue weighted by Gasteiger charge is -2.10. The second kappa shape index (κ2) is 8.65. The van der Waals surface area contributed by atoms with E-state index < -0.39 is 9.84 Å². The van der Waals surface area contributed by atoms with E-state index in [0.29, 0.717) is 23.2 Å². The molecule has 0 atom stereocenters. The van der Waals surface area contributed by atoms with Gasteiger partial charge in [-0.2, -0.15) is 0 Å². The van der Waals surface area contributed by atoms with Crippen LogP contribution in [0.4, 0.5) is 0 Å². The summed E-state index contributed by atoms with van der Waals surface area (Å²) in [6.45, 7) is 0.317. The van der Waals surface area contributed by atoms with Crippen molar-refractivity contribution in [2.24, 2.45) is 0 Å². The molecule has 0 aliphatic rings. The number of carbonyl (C=O) groups excluding carboxylic acids is 1. The van der Waals surface area contributed by atoms with Crippen LogP contribution in [0, 0.1) is 0 Å². The lowest BCUT2D eigenvalue weighted by atomic mass is 10.2. The van der Waals surface area contributed by atoms with Gasteiger partial charge < -0.3 is 14.6 Å². The maximum atomic E-state index is 13.2. The third-order valence-electron chi connectivity index (χ3n) is 5.08. The summed E-state index contributed by atoms with van der Waals surface area (Å²) in [6, 6.07) is 22.9. The molecule has 158 valence electrons. The molecule has 1 amide bonds. The van der Waals surface area contributed by atoms with Gasteiger partial charge in [0.25, 0.3) is 0 Å². The zero-order valence-corrected chi connectivity index (χ0v) is 17.8. The van der Waals surface area contributed by atoms with Gasteiger partial charge >= 0.3 is 0 Å². The Bertz CT molecular complexity index is 1330. The van der Waals surface area contributed by atoms with Crippen molar-refractivity contribution in [3.63, 3.8) is 0 Å². The number of hydrogen-bond donors (Lipinski definition) is 1. The van der Waals surface area contributed by atoms with Crippen LogP contribution in [0.25, 0.3) is 10.9 Å². The number of aromatic nitrogens is 1. The first-order valence-corrected chi connectivity index (χ1v) is 11.3. The van der Waals surface area contributed by atoms with Crippen LogP contribution < -0.4 is 10.1 Å². The highest BCUT2D eigenvalue weighted by atomic mass is 32.2. The lowest BCUT2D eigenvalue weighted by Crippen LogP contribution is -2.27. The third kappa shape index (κ3) is 4.18. The number of carbonyl (C=O) groups is 1. The van der Waals surface area contributed by atoms with E-state index in [4.69, 9.17) is 4.74 Å². The van der Waals surface area contributed by atoms with E-state index in [1.807, 2.05) is 36.4 Å². The van der Waals surface area contributed by atoms with Crippen LogP contribution in [0.2, 0.25) is 0 Å². The molecule has 0 aliphatic heterocycles. The maximum Gasteiger partial charge on any atom is 0.240 e. The van der Waals surface area contributed by atoms with Gasteiger partial charge in [-0.15, -0.1) is 0 Å². The van der Waals surface area contributed by atoms with Gasteiger partial charge in [0.05, 0.1) is 16.9 Å². The van der Waals surface area contributed by atoms with Crippen molar-refractivity contribution < 1.29 is 17.9 Å². The highest BCUT2D eigenvalue weighted by Crippen LogP contribution is 2.30. The van der Waals surface area contributed by atoms with Gasteiger partial charge in [-0.05, 0) is 24.3 Å². The maximum absolute atomic E-state index is 13.2. The summed E-state index contributed by atoms with van der Waals surface area (Å²) in [5.74, 6) is 0.473. The van der Waals surface area contributed by atoms with E-state index in [0.717, 1.165) is 5.56 Å². The minimum atomic E-state index is -3.71. The van der Waals surface area contributed by atoms with Crippen molar-refractivity contribution in [3.8, 4) is 5.75 Å². The number of fused-ring (bicyclic) bond motifs is 1. The number of sulfone groups is 1. The molecule has 1 N–H and O–H groups in total. The first-order chi connectivity index (χ1) is 15.0. The second-order valence-electron chi connectivity index (χ2n) is 7.04. The molecule has 0 spiro atoms. The van der Waals surface area contributed by atoms with Crippen LogP contribution >= 0.6 is 0 Å². The van der Waals surface area contributed by atoms with Crippen LogP contribution in [-0.4, -0.2) is 26.0 Å². The number of nitrogens with zero attached hydrogens (tertiary/aromatic N) is 1. The summed E-state index contributed by atoms with van der Waals surface area (Å²) < 4.78 is 33.4. The predicted molar refractivity (Wildman–Crippen MR) is 119 cm³/mol. The van der Waals surface area contributed by atoms with Crippen LogP contribution in [-0.2, 0) is 27.7 Å². The number of benzene rings is 3. The number of amides is 1. The summed E-state index contributed by atoms with van der Waals surface area (Å²) in [6.07, 6.45) is 1.54. The van der Waals surface area contributed by atoms with Gasteiger partial charge in [0.1, 0.15) is 12.3 Å². The number of methoxy groups -OCH3 is 1. The van der Waals surface area contributed by atoms with Gasteiger partial charge in [0.2, 0.25) is 15.7 Å². The first kappa shape index (κ1) is 20.7. The van der Waals surface area contributed by atoms with Crippen LogP contribution in [0.3, 0.4) is 0 Å². The molecule has 3 aromatic carbocycles. The van der Waals surface area contributed by atoms with Crippen molar-refractivity contribution in [2.75, 3.05) is 7.11 Å². The van der Waals surface area contributed by atoms with E-state index in [1.54, 1.807) is 54.1 Å². The van der Waals surface area contributed by atoms with E-state index in [2.05, 4.69) is 5.32 Å². The largest absolute Gasteiger partial charge is 0.496 e. The van der Waals surface area contributed by atoms with Crippen molar-refractivity contribution in [1.29, 1.82) is 0 Å². The van der Waals surface area contributed by atoms with Gasteiger partial charge in [-0.1, -0.05) is 54.6 Å². The molecule has 0 unspecified atom stereocenters. The van der Waals surface area contributed by atoms with Crippen molar-refractivity contribution >= 4 is 26.6 Å². The van der Waals surface area contributed by atoms with Gasteiger partial charge in [-0.3, -0.25) is 4.79 Å². The fourth-order valence-electron chi connectivity index (χ4n) is 3.54. The minimum Gasteiger partial charge on any atom is -0.496 e. The Labute approximate surface area is 181 Å². The normalized spacial score (nSPS) is 11.4. The fourth-order valence-corrected chi connectivity index (χ4v) is 5.04. The number of para-hydroxylation sites is 2. The Morgan fingerprint density at radius 2 is 1.61 bits per heavy atom. The third-order valence-corrected chi connectivity index (χ3v) is 6.87. The second-order valence-corrected chi connectivity index (χ2v) is 8.96. The smallest absolute Gasteiger partial charge is 0.240 e. The predicted octanol–water partition coefficient (Wildman–Crippen LogP) is 3.80. The molecule has 0 fully saturated rings. The average molecular weight is 435 g/mol. The topological polar surface area (TPSA) is 77.4 Å². The highest BCUT2D eigenvalue weighted by Gasteiger charge is 2.23. The minimum absolute atomic E-state index is 0.0000277. The van der Waals surface area contributed by atoms with E-state index in [-0.39, 0.29) is 22.2 Å². The highest BCUT2D eigenvalue weighted by molar-refractivity contribution is 7.91. The Morgan fingerprint density at radius 3 is 2.39 bits per heavy atom. The van der Waals surface area contributed by atoms with E-state index in [1.165, 1.54) is 6.20 Å². The molecule has 1 aromatic heterocycles. The van der Waals surface area contributed by atoms with Crippen LogP contribution in [0.5, 0.6) is 5.75 Å². The molecule has 4 rings (SSSR count). The molecule has 31 heavy (non-hydrogen) atoms. The Kier molecular flexibility index (Phi) is 5.77. The molecule has 4 aromatic rings. The lowest BCUT2D eigenvalue weighted by molar-refractivity contribution is -0.121. The number of nitrogens with one attached hydrogen (secondary N) is 1. The molecule has 0 saturated heterocycles. The fraction of sp³-hybridized carbons (Fsp3) is 0.125. The molecule has 0 bridgehead atoms. The van der Waals surface area contributed by atoms with Gasteiger partial charge in [-0.25, -0.2) is 8.42 Å². The molecule has 0 saturated carbocycles. The average Bonchev–Trinajstić information content (AvgIpc) is 3.17. The van der Waals surface area contributed by atoms with Crippen molar-refractivity contribution in [2.45, 2.75) is 22.9 Å². The molecule has 6 nitrogen and oxygen atoms in total. The molecule has 0 aliphatic carbocycles. The van der Waals surface area contributed by atoms with E-state index >= 15 is 0 Å². The summed E-state index contributed by atoms with van der Waals surface area (Å²) in [4.78, 5) is 13.0.